The summed E-state index contributed by atoms with van der Waals surface area (Å²) in [7, 11) is 1.57. The Kier molecular flexibility index (Phi) is 7.43. The highest BCUT2D eigenvalue weighted by atomic mass is 16.5. The van der Waals surface area contributed by atoms with Gasteiger partial charge in [-0.15, -0.1) is 6.58 Å². The van der Waals surface area contributed by atoms with Gasteiger partial charge < -0.3 is 20.1 Å². The summed E-state index contributed by atoms with van der Waals surface area (Å²) in [5.74, 6) is 0.567. The van der Waals surface area contributed by atoms with Crippen LogP contribution in [0.15, 0.2) is 61.2 Å². The summed E-state index contributed by atoms with van der Waals surface area (Å²) in [6.45, 7) is 5.77. The lowest BCUT2D eigenvalue weighted by Gasteiger charge is -2.18. The van der Waals surface area contributed by atoms with E-state index in [1.54, 1.807) is 61.7 Å². The van der Waals surface area contributed by atoms with Gasteiger partial charge in [-0.2, -0.15) is 0 Å². The van der Waals surface area contributed by atoms with Gasteiger partial charge in [-0.25, -0.2) is 0 Å². The first-order chi connectivity index (χ1) is 13.1. The zero-order valence-electron chi connectivity index (χ0n) is 15.5. The lowest BCUT2D eigenvalue weighted by atomic mass is 10.1. The lowest BCUT2D eigenvalue weighted by molar-refractivity contribution is -0.122. The number of para-hydroxylation sites is 1. The number of methoxy groups -OCH3 is 1. The van der Waals surface area contributed by atoms with Crippen molar-refractivity contribution in [1.82, 2.24) is 5.32 Å². The van der Waals surface area contributed by atoms with E-state index in [4.69, 9.17) is 9.47 Å². The number of carbonyl (C=O) groups excluding carboxylic acids is 2. The molecule has 2 amide bonds. The van der Waals surface area contributed by atoms with Gasteiger partial charge in [0.25, 0.3) is 11.8 Å². The van der Waals surface area contributed by atoms with E-state index in [-0.39, 0.29) is 11.8 Å². The fourth-order valence-electron chi connectivity index (χ4n) is 2.42. The number of anilines is 1. The Labute approximate surface area is 159 Å². The maximum Gasteiger partial charge on any atom is 0.265 e. The summed E-state index contributed by atoms with van der Waals surface area (Å²) in [5, 5.41) is 5.49. The van der Waals surface area contributed by atoms with Crippen LogP contribution in [0.5, 0.6) is 11.5 Å². The summed E-state index contributed by atoms with van der Waals surface area (Å²) >= 11 is 0. The second-order valence-corrected chi connectivity index (χ2v) is 5.73. The molecule has 0 fully saturated rings. The van der Waals surface area contributed by atoms with Crippen LogP contribution < -0.4 is 20.1 Å². The molecular formula is C21H24N2O4. The standard InChI is InChI=1S/C21H24N2O4/c1-4-13-22-20(24)17-11-6-7-12-18(17)23-21(25)19(5-2)27-16-10-8-9-15(14-16)26-3/h4,6-12,14,19H,1,5,13H2,2-3H3,(H,22,24)(H,23,25)/t19-/m0/s1. The van der Waals surface area contributed by atoms with Crippen molar-refractivity contribution in [1.29, 1.82) is 0 Å². The van der Waals surface area contributed by atoms with E-state index in [0.29, 0.717) is 35.7 Å². The second kappa shape index (κ2) is 10.0. The van der Waals surface area contributed by atoms with Crippen LogP contribution in [-0.4, -0.2) is 31.6 Å². The van der Waals surface area contributed by atoms with Gasteiger partial charge in [0.2, 0.25) is 0 Å². The van der Waals surface area contributed by atoms with Gasteiger partial charge in [-0.3, -0.25) is 9.59 Å². The van der Waals surface area contributed by atoms with Gasteiger partial charge in [0.15, 0.2) is 6.10 Å². The van der Waals surface area contributed by atoms with Gasteiger partial charge in [0, 0.05) is 12.6 Å². The first-order valence-electron chi connectivity index (χ1n) is 8.68. The van der Waals surface area contributed by atoms with Gasteiger partial charge in [-0.05, 0) is 30.7 Å². The second-order valence-electron chi connectivity index (χ2n) is 5.73. The number of carbonyl (C=O) groups is 2. The van der Waals surface area contributed by atoms with E-state index in [0.717, 1.165) is 0 Å². The molecule has 2 N–H and O–H groups in total. The summed E-state index contributed by atoms with van der Waals surface area (Å²) in [6.07, 6.45) is 1.35. The third-order valence-electron chi connectivity index (χ3n) is 3.82. The van der Waals surface area contributed by atoms with E-state index < -0.39 is 6.10 Å². The zero-order chi connectivity index (χ0) is 19.6. The normalized spacial score (nSPS) is 11.2. The van der Waals surface area contributed by atoms with E-state index in [9.17, 15) is 9.59 Å². The number of ether oxygens (including phenoxy) is 2. The predicted octanol–water partition coefficient (Wildman–Crippen LogP) is 3.41. The minimum absolute atomic E-state index is 0.285. The minimum atomic E-state index is -0.707. The quantitative estimate of drug-likeness (QED) is 0.665. The van der Waals surface area contributed by atoms with Gasteiger partial charge in [0.1, 0.15) is 11.5 Å². The third-order valence-corrected chi connectivity index (χ3v) is 3.82. The molecule has 0 aliphatic carbocycles. The average Bonchev–Trinajstić information content (AvgIpc) is 2.70. The highest BCUT2D eigenvalue weighted by Crippen LogP contribution is 2.22. The van der Waals surface area contributed by atoms with E-state index in [2.05, 4.69) is 17.2 Å². The van der Waals surface area contributed by atoms with Gasteiger partial charge in [0.05, 0.1) is 18.4 Å². The van der Waals surface area contributed by atoms with E-state index in [1.165, 1.54) is 0 Å². The molecule has 0 aromatic heterocycles. The molecule has 2 rings (SSSR count). The number of hydrogen-bond acceptors (Lipinski definition) is 4. The number of rotatable bonds is 9. The number of amides is 2. The van der Waals surface area contributed by atoms with Crippen molar-refractivity contribution in [3.63, 3.8) is 0 Å². The van der Waals surface area contributed by atoms with Crippen LogP contribution in [0.1, 0.15) is 23.7 Å². The first-order valence-corrected chi connectivity index (χ1v) is 8.68. The molecule has 2 aromatic rings. The number of nitrogens with one attached hydrogen (secondary N) is 2. The van der Waals surface area contributed by atoms with Gasteiger partial charge >= 0.3 is 0 Å². The van der Waals surface area contributed by atoms with E-state index in [1.807, 2.05) is 6.92 Å². The summed E-state index contributed by atoms with van der Waals surface area (Å²) in [5.41, 5.74) is 0.806. The Balaban J connectivity index is 2.12. The molecule has 0 unspecified atom stereocenters. The fraction of sp³-hybridized carbons (Fsp3) is 0.238. The van der Waals surface area contributed by atoms with Crippen molar-refractivity contribution in [2.75, 3.05) is 19.0 Å². The molecule has 0 heterocycles. The summed E-state index contributed by atoms with van der Waals surface area (Å²) in [4.78, 5) is 24.9. The first kappa shape index (κ1) is 20.0. The zero-order valence-corrected chi connectivity index (χ0v) is 15.5. The van der Waals surface area contributed by atoms with Crippen molar-refractivity contribution >= 4 is 17.5 Å². The SMILES string of the molecule is C=CCNC(=O)c1ccccc1NC(=O)[C@H](CC)Oc1cccc(OC)c1. The highest BCUT2D eigenvalue weighted by molar-refractivity contribution is 6.04. The molecule has 6 heteroatoms. The third kappa shape index (κ3) is 5.60. The number of hydrogen-bond donors (Lipinski definition) is 2. The van der Waals surface area contributed by atoms with Crippen LogP contribution in [0.2, 0.25) is 0 Å². The maximum atomic E-state index is 12.7. The van der Waals surface area contributed by atoms with Crippen molar-refractivity contribution < 1.29 is 19.1 Å². The van der Waals surface area contributed by atoms with Crippen LogP contribution in [-0.2, 0) is 4.79 Å². The Bertz CT molecular complexity index is 804. The number of benzene rings is 2. The largest absolute Gasteiger partial charge is 0.497 e. The molecule has 0 aliphatic heterocycles. The molecule has 0 bridgehead atoms. The van der Waals surface area contributed by atoms with Crippen LogP contribution in [0.25, 0.3) is 0 Å². The van der Waals surface area contributed by atoms with Crippen molar-refractivity contribution in [3.8, 4) is 11.5 Å². The molecule has 142 valence electrons. The predicted molar refractivity (Wildman–Crippen MR) is 105 cm³/mol. The van der Waals surface area contributed by atoms with Gasteiger partial charge in [-0.1, -0.05) is 31.2 Å². The maximum absolute atomic E-state index is 12.7. The molecule has 0 spiro atoms. The molecular weight excluding hydrogens is 344 g/mol. The monoisotopic (exact) mass is 368 g/mol. The lowest BCUT2D eigenvalue weighted by Crippen LogP contribution is -2.33. The van der Waals surface area contributed by atoms with Crippen LogP contribution in [0, 0.1) is 0 Å². The van der Waals surface area contributed by atoms with Crippen molar-refractivity contribution in [2.24, 2.45) is 0 Å². The molecule has 0 radical (unpaired) electrons. The van der Waals surface area contributed by atoms with Crippen molar-refractivity contribution in [3.05, 3.63) is 66.7 Å². The summed E-state index contributed by atoms with van der Waals surface area (Å²) in [6, 6.07) is 13.9. The molecule has 27 heavy (non-hydrogen) atoms. The Morgan fingerprint density at radius 1 is 1.15 bits per heavy atom. The Morgan fingerprint density at radius 2 is 1.89 bits per heavy atom. The Morgan fingerprint density at radius 3 is 2.59 bits per heavy atom. The molecule has 6 nitrogen and oxygen atoms in total. The van der Waals surface area contributed by atoms with Crippen LogP contribution in [0.3, 0.4) is 0 Å². The van der Waals surface area contributed by atoms with Crippen molar-refractivity contribution in [2.45, 2.75) is 19.4 Å². The topological polar surface area (TPSA) is 76.7 Å². The molecule has 0 saturated carbocycles. The average molecular weight is 368 g/mol. The van der Waals surface area contributed by atoms with Crippen LogP contribution in [0.4, 0.5) is 5.69 Å². The molecule has 2 aromatic carbocycles. The minimum Gasteiger partial charge on any atom is -0.497 e. The fourth-order valence-corrected chi connectivity index (χ4v) is 2.42. The molecule has 0 aliphatic rings. The summed E-state index contributed by atoms with van der Waals surface area (Å²) < 4.78 is 11.0. The smallest absolute Gasteiger partial charge is 0.265 e. The molecule has 1 atom stereocenters. The highest BCUT2D eigenvalue weighted by Gasteiger charge is 2.21. The molecule has 0 saturated heterocycles. The van der Waals surface area contributed by atoms with Crippen LogP contribution >= 0.6 is 0 Å². The van der Waals surface area contributed by atoms with E-state index >= 15 is 0 Å². The Hall–Kier alpha value is -3.28.